The lowest BCUT2D eigenvalue weighted by Gasteiger charge is -2.08. The molecule has 3 heteroatoms. The van der Waals surface area contributed by atoms with E-state index in [4.69, 9.17) is 4.74 Å². The zero-order valence-electron chi connectivity index (χ0n) is 8.46. The van der Waals surface area contributed by atoms with Crippen LogP contribution >= 0.6 is 0 Å². The highest BCUT2D eigenvalue weighted by Crippen LogP contribution is 2.23. The van der Waals surface area contributed by atoms with Gasteiger partial charge < -0.3 is 4.74 Å². The van der Waals surface area contributed by atoms with Crippen molar-refractivity contribution in [2.45, 2.75) is 13.8 Å². The number of ketones is 1. The molecule has 0 unspecified atom stereocenters. The second kappa shape index (κ2) is 4.05. The maximum Gasteiger partial charge on any atom is 0.160 e. The summed E-state index contributed by atoms with van der Waals surface area (Å²) >= 11 is 0. The molecule has 0 heterocycles. The predicted octanol–water partition coefficient (Wildman–Crippen LogP) is 2.02. The van der Waals surface area contributed by atoms with E-state index in [1.165, 1.54) is 14.0 Å². The SMILES string of the molecule is COc1cc(C=O)cc(C(C)=O)c1C. The minimum absolute atomic E-state index is 0.0653. The predicted molar refractivity (Wildman–Crippen MR) is 53.1 cm³/mol. The van der Waals surface area contributed by atoms with Crippen LogP contribution in [0.4, 0.5) is 0 Å². The first-order valence-corrected chi connectivity index (χ1v) is 4.25. The number of Topliss-reactive ketones (excluding diaryl/α,β-unsaturated/α-hetero) is 1. The van der Waals surface area contributed by atoms with Gasteiger partial charge in [-0.15, -0.1) is 0 Å². The first-order chi connectivity index (χ1) is 6.60. The molecule has 1 aromatic carbocycles. The molecule has 0 aliphatic heterocycles. The van der Waals surface area contributed by atoms with Crippen LogP contribution in [0.3, 0.4) is 0 Å². The van der Waals surface area contributed by atoms with Gasteiger partial charge in [-0.05, 0) is 26.0 Å². The minimum Gasteiger partial charge on any atom is -0.496 e. The molecule has 0 amide bonds. The summed E-state index contributed by atoms with van der Waals surface area (Å²) in [6, 6.07) is 3.20. The fourth-order valence-corrected chi connectivity index (χ4v) is 1.35. The van der Waals surface area contributed by atoms with Crippen LogP contribution in [-0.4, -0.2) is 19.2 Å². The molecule has 3 nitrogen and oxygen atoms in total. The van der Waals surface area contributed by atoms with Crippen LogP contribution < -0.4 is 4.74 Å². The number of ether oxygens (including phenoxy) is 1. The third kappa shape index (κ3) is 1.82. The van der Waals surface area contributed by atoms with Crippen molar-refractivity contribution in [1.82, 2.24) is 0 Å². The van der Waals surface area contributed by atoms with E-state index >= 15 is 0 Å². The molecule has 0 spiro atoms. The lowest BCUT2D eigenvalue weighted by molar-refractivity contribution is 0.101. The van der Waals surface area contributed by atoms with Crippen molar-refractivity contribution in [2.75, 3.05) is 7.11 Å². The van der Waals surface area contributed by atoms with Crippen LogP contribution in [0.25, 0.3) is 0 Å². The average Bonchev–Trinajstić information content (AvgIpc) is 2.17. The summed E-state index contributed by atoms with van der Waals surface area (Å²) in [6.45, 7) is 3.26. The monoisotopic (exact) mass is 192 g/mol. The highest BCUT2D eigenvalue weighted by atomic mass is 16.5. The number of hydrogen-bond acceptors (Lipinski definition) is 3. The summed E-state index contributed by atoms with van der Waals surface area (Å²) in [5.74, 6) is 0.504. The molecule has 0 aliphatic rings. The maximum absolute atomic E-state index is 11.2. The topological polar surface area (TPSA) is 43.4 Å². The zero-order valence-corrected chi connectivity index (χ0v) is 8.46. The van der Waals surface area contributed by atoms with Crippen molar-refractivity contribution in [3.63, 3.8) is 0 Å². The Morgan fingerprint density at radius 2 is 2.07 bits per heavy atom. The van der Waals surface area contributed by atoms with Crippen molar-refractivity contribution in [3.05, 3.63) is 28.8 Å². The van der Waals surface area contributed by atoms with E-state index in [9.17, 15) is 9.59 Å². The molecule has 14 heavy (non-hydrogen) atoms. The van der Waals surface area contributed by atoms with Crippen LogP contribution in [-0.2, 0) is 0 Å². The molecule has 0 aromatic heterocycles. The van der Waals surface area contributed by atoms with Gasteiger partial charge in [-0.2, -0.15) is 0 Å². The number of methoxy groups -OCH3 is 1. The van der Waals surface area contributed by atoms with E-state index in [1.807, 2.05) is 0 Å². The third-order valence-electron chi connectivity index (χ3n) is 2.12. The smallest absolute Gasteiger partial charge is 0.160 e. The van der Waals surface area contributed by atoms with Gasteiger partial charge >= 0.3 is 0 Å². The second-order valence-corrected chi connectivity index (χ2v) is 3.07. The molecule has 0 fully saturated rings. The molecular weight excluding hydrogens is 180 g/mol. The van der Waals surface area contributed by atoms with Gasteiger partial charge in [0.25, 0.3) is 0 Å². The summed E-state index contributed by atoms with van der Waals surface area (Å²) in [6.07, 6.45) is 0.703. The Hall–Kier alpha value is -1.64. The van der Waals surface area contributed by atoms with Gasteiger partial charge in [0.15, 0.2) is 5.78 Å². The molecule has 0 N–H and O–H groups in total. The highest BCUT2D eigenvalue weighted by Gasteiger charge is 2.10. The quantitative estimate of drug-likeness (QED) is 0.543. The van der Waals surface area contributed by atoms with E-state index in [1.54, 1.807) is 19.1 Å². The Labute approximate surface area is 82.7 Å². The van der Waals surface area contributed by atoms with Crippen LogP contribution in [0, 0.1) is 6.92 Å². The Morgan fingerprint density at radius 3 is 2.50 bits per heavy atom. The molecule has 0 saturated carbocycles. The van der Waals surface area contributed by atoms with Crippen LogP contribution in [0.15, 0.2) is 12.1 Å². The number of rotatable bonds is 3. The van der Waals surface area contributed by atoms with Gasteiger partial charge in [-0.3, -0.25) is 9.59 Å². The second-order valence-electron chi connectivity index (χ2n) is 3.07. The van der Waals surface area contributed by atoms with Crippen molar-refractivity contribution in [1.29, 1.82) is 0 Å². The molecule has 0 saturated heterocycles. The zero-order chi connectivity index (χ0) is 10.7. The van der Waals surface area contributed by atoms with Crippen molar-refractivity contribution in [2.24, 2.45) is 0 Å². The molecule has 0 aliphatic carbocycles. The lowest BCUT2D eigenvalue weighted by atomic mass is 10.0. The summed E-state index contributed by atoms with van der Waals surface area (Å²) in [7, 11) is 1.51. The number of aldehydes is 1. The van der Waals surface area contributed by atoms with E-state index in [-0.39, 0.29) is 5.78 Å². The van der Waals surface area contributed by atoms with E-state index in [0.29, 0.717) is 23.2 Å². The van der Waals surface area contributed by atoms with Gasteiger partial charge in [0.2, 0.25) is 0 Å². The lowest BCUT2D eigenvalue weighted by Crippen LogP contribution is -2.00. The Kier molecular flexibility index (Phi) is 3.02. The summed E-state index contributed by atoms with van der Waals surface area (Å²) in [4.78, 5) is 21.8. The summed E-state index contributed by atoms with van der Waals surface area (Å²) < 4.78 is 5.07. The Balaban J connectivity index is 3.41. The molecule has 0 radical (unpaired) electrons. The molecule has 74 valence electrons. The summed E-state index contributed by atoms with van der Waals surface area (Å²) in [5, 5.41) is 0. The van der Waals surface area contributed by atoms with Crippen LogP contribution in [0.1, 0.15) is 33.2 Å². The van der Waals surface area contributed by atoms with Crippen molar-refractivity contribution in [3.8, 4) is 5.75 Å². The van der Waals surface area contributed by atoms with Gasteiger partial charge in [0.1, 0.15) is 12.0 Å². The fraction of sp³-hybridized carbons (Fsp3) is 0.273. The summed E-state index contributed by atoms with van der Waals surface area (Å²) in [5.41, 5.74) is 1.76. The van der Waals surface area contributed by atoms with Gasteiger partial charge in [-0.1, -0.05) is 0 Å². The highest BCUT2D eigenvalue weighted by molar-refractivity contribution is 5.97. The largest absolute Gasteiger partial charge is 0.496 e. The van der Waals surface area contributed by atoms with Gasteiger partial charge in [0.05, 0.1) is 7.11 Å². The Morgan fingerprint density at radius 1 is 1.43 bits per heavy atom. The average molecular weight is 192 g/mol. The van der Waals surface area contributed by atoms with E-state index in [0.717, 1.165) is 5.56 Å². The number of benzene rings is 1. The van der Waals surface area contributed by atoms with E-state index < -0.39 is 0 Å². The number of carbonyl (C=O) groups is 2. The number of hydrogen-bond donors (Lipinski definition) is 0. The van der Waals surface area contributed by atoms with Gasteiger partial charge in [-0.25, -0.2) is 0 Å². The van der Waals surface area contributed by atoms with Crippen molar-refractivity contribution >= 4 is 12.1 Å². The molecule has 0 bridgehead atoms. The van der Waals surface area contributed by atoms with Crippen LogP contribution in [0.5, 0.6) is 5.75 Å². The normalized spacial score (nSPS) is 9.64. The van der Waals surface area contributed by atoms with Crippen LogP contribution in [0.2, 0.25) is 0 Å². The first-order valence-electron chi connectivity index (χ1n) is 4.25. The van der Waals surface area contributed by atoms with Crippen molar-refractivity contribution < 1.29 is 14.3 Å². The fourth-order valence-electron chi connectivity index (χ4n) is 1.35. The standard InChI is InChI=1S/C11H12O3/c1-7-10(8(2)13)4-9(6-12)5-11(7)14-3/h4-6H,1-3H3. The molecular formula is C11H12O3. The molecule has 0 atom stereocenters. The minimum atomic E-state index is -0.0653. The molecule has 1 aromatic rings. The molecule has 1 rings (SSSR count). The number of carbonyl (C=O) groups excluding carboxylic acids is 2. The maximum atomic E-state index is 11.2. The van der Waals surface area contributed by atoms with E-state index in [2.05, 4.69) is 0 Å². The Bertz CT molecular complexity index is 380. The van der Waals surface area contributed by atoms with Gasteiger partial charge in [0, 0.05) is 16.7 Å². The first kappa shape index (κ1) is 10.4. The third-order valence-corrected chi connectivity index (χ3v) is 2.12.